The summed E-state index contributed by atoms with van der Waals surface area (Å²) in [5.41, 5.74) is 1.17. The summed E-state index contributed by atoms with van der Waals surface area (Å²) in [6.45, 7) is 6.86. The number of benzene rings is 3. The molecule has 1 unspecified atom stereocenters. The van der Waals surface area contributed by atoms with Gasteiger partial charge < -0.3 is 14.8 Å². The van der Waals surface area contributed by atoms with Gasteiger partial charge in [-0.2, -0.15) is 0 Å². The van der Waals surface area contributed by atoms with Gasteiger partial charge in [0, 0.05) is 0 Å². The lowest BCUT2D eigenvalue weighted by molar-refractivity contribution is -0.127. The van der Waals surface area contributed by atoms with E-state index in [2.05, 4.69) is 25.2 Å². The van der Waals surface area contributed by atoms with Gasteiger partial charge in [-0.1, -0.05) is 62.4 Å². The second-order valence-electron chi connectivity index (χ2n) is 7.10. The van der Waals surface area contributed by atoms with Gasteiger partial charge in [0.05, 0.1) is 6.54 Å². The quantitative estimate of drug-likeness (QED) is 0.567. The average Bonchev–Trinajstić information content (AvgIpc) is 2.71. The first-order valence-electron chi connectivity index (χ1n) is 9.69. The molecule has 0 saturated heterocycles. The molecule has 0 radical (unpaired) electrons. The van der Waals surface area contributed by atoms with Crippen LogP contribution in [0.5, 0.6) is 11.5 Å². The molecule has 1 N–H and O–H groups in total. The number of amides is 1. The smallest absolute Gasteiger partial charge is 0.260 e. The van der Waals surface area contributed by atoms with E-state index in [9.17, 15) is 4.79 Å². The molecule has 4 heteroatoms. The van der Waals surface area contributed by atoms with E-state index >= 15 is 0 Å². The molecular formula is C24H27NO3. The average molecular weight is 377 g/mol. The van der Waals surface area contributed by atoms with Crippen LogP contribution in [0.1, 0.15) is 32.3 Å². The van der Waals surface area contributed by atoms with Crippen LogP contribution in [0, 0.1) is 0 Å². The number of hydrogen-bond donors (Lipinski definition) is 1. The van der Waals surface area contributed by atoms with Crippen LogP contribution in [0.15, 0.2) is 66.7 Å². The minimum absolute atomic E-state index is 0.158. The van der Waals surface area contributed by atoms with E-state index in [0.29, 0.717) is 24.8 Å². The molecule has 0 aliphatic rings. The molecule has 3 rings (SSSR count). The Morgan fingerprint density at radius 2 is 1.64 bits per heavy atom. The highest BCUT2D eigenvalue weighted by molar-refractivity contribution is 5.84. The van der Waals surface area contributed by atoms with Crippen LogP contribution >= 0.6 is 0 Å². The SMILES string of the molecule is CC(Oc1ccc2ccccc2c1)C(=O)NCCOc1ccccc1C(C)C. The van der Waals surface area contributed by atoms with Gasteiger partial charge in [0.15, 0.2) is 6.10 Å². The molecule has 28 heavy (non-hydrogen) atoms. The van der Waals surface area contributed by atoms with Crippen molar-refractivity contribution in [2.75, 3.05) is 13.2 Å². The third-order valence-corrected chi connectivity index (χ3v) is 4.60. The second kappa shape index (κ2) is 9.27. The largest absolute Gasteiger partial charge is 0.491 e. The van der Waals surface area contributed by atoms with Crippen LogP contribution in [0.4, 0.5) is 0 Å². The van der Waals surface area contributed by atoms with Gasteiger partial charge in [0.1, 0.15) is 18.1 Å². The van der Waals surface area contributed by atoms with E-state index in [1.807, 2.05) is 60.7 Å². The monoisotopic (exact) mass is 377 g/mol. The number of fused-ring (bicyclic) bond motifs is 1. The molecule has 0 aliphatic heterocycles. The number of para-hydroxylation sites is 1. The summed E-state index contributed by atoms with van der Waals surface area (Å²) < 4.78 is 11.6. The van der Waals surface area contributed by atoms with E-state index < -0.39 is 6.10 Å². The summed E-state index contributed by atoms with van der Waals surface area (Å²) in [6, 6.07) is 21.9. The minimum Gasteiger partial charge on any atom is -0.491 e. The maximum Gasteiger partial charge on any atom is 0.260 e. The highest BCUT2D eigenvalue weighted by Gasteiger charge is 2.14. The van der Waals surface area contributed by atoms with Crippen molar-refractivity contribution in [3.8, 4) is 11.5 Å². The molecule has 0 aliphatic carbocycles. The maximum absolute atomic E-state index is 12.3. The molecule has 1 atom stereocenters. The Bertz CT molecular complexity index is 936. The lowest BCUT2D eigenvalue weighted by Crippen LogP contribution is -2.38. The zero-order valence-corrected chi connectivity index (χ0v) is 16.6. The fourth-order valence-electron chi connectivity index (χ4n) is 3.07. The van der Waals surface area contributed by atoms with Crippen molar-refractivity contribution in [1.29, 1.82) is 0 Å². The first kappa shape index (κ1) is 19.7. The molecule has 1 amide bonds. The predicted molar refractivity (Wildman–Crippen MR) is 113 cm³/mol. The van der Waals surface area contributed by atoms with Crippen LogP contribution in [0.3, 0.4) is 0 Å². The fraction of sp³-hybridized carbons (Fsp3) is 0.292. The topological polar surface area (TPSA) is 47.6 Å². The van der Waals surface area contributed by atoms with Crippen molar-refractivity contribution < 1.29 is 14.3 Å². The van der Waals surface area contributed by atoms with Gasteiger partial charge in [0.2, 0.25) is 0 Å². The van der Waals surface area contributed by atoms with Crippen molar-refractivity contribution in [2.45, 2.75) is 32.8 Å². The van der Waals surface area contributed by atoms with Crippen LogP contribution in [0.25, 0.3) is 10.8 Å². The molecule has 3 aromatic rings. The first-order chi connectivity index (χ1) is 13.5. The van der Waals surface area contributed by atoms with E-state index in [1.54, 1.807) is 6.92 Å². The Kier molecular flexibility index (Phi) is 6.53. The Morgan fingerprint density at radius 3 is 2.43 bits per heavy atom. The lowest BCUT2D eigenvalue weighted by Gasteiger charge is -2.16. The summed E-state index contributed by atoms with van der Waals surface area (Å²) in [6.07, 6.45) is -0.580. The normalized spacial score (nSPS) is 12.0. The van der Waals surface area contributed by atoms with Gasteiger partial charge >= 0.3 is 0 Å². The molecule has 4 nitrogen and oxygen atoms in total. The molecule has 0 bridgehead atoms. The highest BCUT2D eigenvalue weighted by atomic mass is 16.5. The summed E-state index contributed by atoms with van der Waals surface area (Å²) in [5, 5.41) is 5.10. The van der Waals surface area contributed by atoms with Gasteiger partial charge in [0.25, 0.3) is 5.91 Å². The van der Waals surface area contributed by atoms with Gasteiger partial charge in [-0.25, -0.2) is 0 Å². The number of rotatable bonds is 8. The van der Waals surface area contributed by atoms with Crippen LogP contribution in [0.2, 0.25) is 0 Å². The van der Waals surface area contributed by atoms with E-state index in [0.717, 1.165) is 16.5 Å². The van der Waals surface area contributed by atoms with Crippen LogP contribution in [-0.2, 0) is 4.79 Å². The molecule has 0 heterocycles. The molecule has 0 aromatic heterocycles. The Labute approximate surface area is 166 Å². The molecule has 0 fully saturated rings. The predicted octanol–water partition coefficient (Wildman–Crippen LogP) is 4.93. The lowest BCUT2D eigenvalue weighted by atomic mass is 10.0. The number of hydrogen-bond acceptors (Lipinski definition) is 3. The standard InChI is InChI=1S/C24H27NO3/c1-17(2)22-10-6-7-11-23(22)27-15-14-25-24(26)18(3)28-21-13-12-19-8-4-5-9-20(19)16-21/h4-13,16-18H,14-15H2,1-3H3,(H,25,26). The summed E-state index contributed by atoms with van der Waals surface area (Å²) in [5.74, 6) is 1.78. The van der Waals surface area contributed by atoms with Gasteiger partial charge in [-0.3, -0.25) is 4.79 Å². The molecule has 0 saturated carbocycles. The van der Waals surface area contributed by atoms with E-state index in [4.69, 9.17) is 9.47 Å². The number of carbonyl (C=O) groups is 1. The van der Waals surface area contributed by atoms with Gasteiger partial charge in [-0.15, -0.1) is 0 Å². The first-order valence-corrected chi connectivity index (χ1v) is 9.69. The number of carbonyl (C=O) groups excluding carboxylic acids is 1. The minimum atomic E-state index is -0.580. The number of nitrogens with one attached hydrogen (secondary N) is 1. The third-order valence-electron chi connectivity index (χ3n) is 4.60. The summed E-state index contributed by atoms with van der Waals surface area (Å²) in [7, 11) is 0. The van der Waals surface area contributed by atoms with E-state index in [-0.39, 0.29) is 5.91 Å². The zero-order valence-electron chi connectivity index (χ0n) is 16.6. The van der Waals surface area contributed by atoms with Crippen molar-refractivity contribution in [3.05, 3.63) is 72.3 Å². The Morgan fingerprint density at radius 1 is 0.929 bits per heavy atom. The van der Waals surface area contributed by atoms with Crippen molar-refractivity contribution in [1.82, 2.24) is 5.32 Å². The van der Waals surface area contributed by atoms with Crippen molar-refractivity contribution in [3.63, 3.8) is 0 Å². The van der Waals surface area contributed by atoms with Gasteiger partial charge in [-0.05, 0) is 47.4 Å². The Hall–Kier alpha value is -3.01. The maximum atomic E-state index is 12.3. The zero-order chi connectivity index (χ0) is 19.9. The van der Waals surface area contributed by atoms with Crippen LogP contribution in [-0.4, -0.2) is 25.2 Å². The summed E-state index contributed by atoms with van der Waals surface area (Å²) >= 11 is 0. The number of ether oxygens (including phenoxy) is 2. The van der Waals surface area contributed by atoms with E-state index in [1.165, 1.54) is 5.56 Å². The molecule has 146 valence electrons. The van der Waals surface area contributed by atoms with Crippen LogP contribution < -0.4 is 14.8 Å². The fourth-order valence-corrected chi connectivity index (χ4v) is 3.07. The molecule has 0 spiro atoms. The van der Waals surface area contributed by atoms with Crippen molar-refractivity contribution in [2.24, 2.45) is 0 Å². The van der Waals surface area contributed by atoms with Crippen molar-refractivity contribution >= 4 is 16.7 Å². The molecule has 3 aromatic carbocycles. The molecular weight excluding hydrogens is 350 g/mol. The third kappa shape index (κ3) is 5.03. The Balaban J connectivity index is 1.48. The second-order valence-corrected chi connectivity index (χ2v) is 7.10. The summed E-state index contributed by atoms with van der Waals surface area (Å²) in [4.78, 5) is 12.3. The highest BCUT2D eigenvalue weighted by Crippen LogP contribution is 2.25.